The van der Waals surface area contributed by atoms with E-state index in [1.54, 1.807) is 22.9 Å². The number of ether oxygens (including phenoxy) is 1. The number of halogens is 2. The number of rotatable bonds is 4. The van der Waals surface area contributed by atoms with Crippen molar-refractivity contribution in [2.24, 2.45) is 7.05 Å². The van der Waals surface area contributed by atoms with Gasteiger partial charge in [-0.1, -0.05) is 12.5 Å². The Labute approximate surface area is 209 Å². The van der Waals surface area contributed by atoms with E-state index in [1.807, 2.05) is 6.07 Å². The lowest BCUT2D eigenvalue weighted by molar-refractivity contribution is 0.138. The van der Waals surface area contributed by atoms with Gasteiger partial charge in [-0.25, -0.2) is 4.39 Å². The van der Waals surface area contributed by atoms with Gasteiger partial charge in [0, 0.05) is 49.4 Å². The van der Waals surface area contributed by atoms with Gasteiger partial charge in [-0.2, -0.15) is 0 Å². The van der Waals surface area contributed by atoms with Gasteiger partial charge in [0.25, 0.3) is 5.56 Å². The Morgan fingerprint density at radius 2 is 2.00 bits per heavy atom. The Morgan fingerprint density at radius 3 is 2.80 bits per heavy atom. The van der Waals surface area contributed by atoms with Crippen LogP contribution in [0.15, 0.2) is 59.7 Å². The summed E-state index contributed by atoms with van der Waals surface area (Å²) >= 11 is 0. The van der Waals surface area contributed by atoms with Crippen LogP contribution in [0.1, 0.15) is 42.3 Å². The molecule has 182 valence electrons. The molecule has 6 rings (SSSR count). The molecule has 3 aromatic heterocycles. The molecular formula is C27H28ClFN4O2. The van der Waals surface area contributed by atoms with E-state index in [9.17, 15) is 9.18 Å². The second-order valence-electron chi connectivity index (χ2n) is 9.25. The van der Waals surface area contributed by atoms with E-state index >= 15 is 0 Å². The third-order valence-electron chi connectivity index (χ3n) is 7.28. The van der Waals surface area contributed by atoms with Gasteiger partial charge >= 0.3 is 0 Å². The molecule has 1 atom stereocenters. The van der Waals surface area contributed by atoms with Crippen LogP contribution >= 0.6 is 12.4 Å². The highest BCUT2D eigenvalue weighted by molar-refractivity contribution is 5.88. The Kier molecular flexibility index (Phi) is 6.38. The largest absolute Gasteiger partial charge is 0.487 e. The Hall–Kier alpha value is -3.16. The van der Waals surface area contributed by atoms with Gasteiger partial charge in [-0.05, 0) is 55.3 Å². The highest BCUT2D eigenvalue weighted by Crippen LogP contribution is 2.42. The van der Waals surface area contributed by atoms with Crippen LogP contribution in [0, 0.1) is 5.82 Å². The van der Waals surface area contributed by atoms with Crippen molar-refractivity contribution in [2.45, 2.75) is 38.3 Å². The maximum atomic E-state index is 13.0. The molecule has 35 heavy (non-hydrogen) atoms. The predicted octanol–water partition coefficient (Wildman–Crippen LogP) is 4.95. The van der Waals surface area contributed by atoms with Crippen molar-refractivity contribution in [3.05, 3.63) is 88.0 Å². The molecular weight excluding hydrogens is 467 g/mol. The number of piperidine rings is 1. The molecule has 0 radical (unpaired) electrons. The summed E-state index contributed by atoms with van der Waals surface area (Å²) in [6.07, 6.45) is 7.77. The minimum absolute atomic E-state index is 0. The minimum atomic E-state index is -0.390. The maximum absolute atomic E-state index is 13.0. The summed E-state index contributed by atoms with van der Waals surface area (Å²) < 4.78 is 22.7. The summed E-state index contributed by atoms with van der Waals surface area (Å²) in [6.45, 7) is 2.49. The second-order valence-corrected chi connectivity index (χ2v) is 9.25. The number of nitrogens with zero attached hydrogens (tertiary/aromatic N) is 4. The summed E-state index contributed by atoms with van der Waals surface area (Å²) in [5, 5.41) is 1.30. The summed E-state index contributed by atoms with van der Waals surface area (Å²) in [5.74, 6) is 0.0682. The van der Waals surface area contributed by atoms with Gasteiger partial charge in [0.1, 0.15) is 18.2 Å². The molecule has 4 aromatic rings. The number of hydrogen-bond acceptors (Lipinski definition) is 4. The minimum Gasteiger partial charge on any atom is -0.487 e. The van der Waals surface area contributed by atoms with Crippen LogP contribution in [0.4, 0.5) is 4.39 Å². The third kappa shape index (κ3) is 4.23. The highest BCUT2D eigenvalue weighted by atomic mass is 35.5. The fourth-order valence-electron chi connectivity index (χ4n) is 5.58. The van der Waals surface area contributed by atoms with Crippen LogP contribution in [-0.4, -0.2) is 32.1 Å². The Morgan fingerprint density at radius 1 is 1.11 bits per heavy atom. The summed E-state index contributed by atoms with van der Waals surface area (Å²) in [5.41, 5.74) is 5.36. The van der Waals surface area contributed by atoms with E-state index in [-0.39, 0.29) is 24.6 Å². The van der Waals surface area contributed by atoms with Crippen LogP contribution in [0.5, 0.6) is 5.75 Å². The van der Waals surface area contributed by atoms with Crippen molar-refractivity contribution in [2.75, 3.05) is 13.1 Å². The molecule has 0 aliphatic carbocycles. The first-order chi connectivity index (χ1) is 16.6. The number of fused-ring (bicyclic) bond motifs is 5. The van der Waals surface area contributed by atoms with E-state index in [2.05, 4.69) is 33.6 Å². The zero-order valence-corrected chi connectivity index (χ0v) is 20.4. The first-order valence-corrected chi connectivity index (χ1v) is 11.9. The molecule has 1 saturated heterocycles. The smallest absolute Gasteiger partial charge is 0.258 e. The Balaban J connectivity index is 0.00000253. The first kappa shape index (κ1) is 23.6. The van der Waals surface area contributed by atoms with Crippen molar-refractivity contribution < 1.29 is 9.13 Å². The molecule has 0 N–H and O–H groups in total. The molecule has 2 aliphatic heterocycles. The zero-order valence-electron chi connectivity index (χ0n) is 19.6. The number of aromatic nitrogens is 3. The van der Waals surface area contributed by atoms with Crippen LogP contribution in [0.25, 0.3) is 16.6 Å². The fraction of sp³-hybridized carbons (Fsp3) is 0.333. The second kappa shape index (κ2) is 9.47. The lowest BCUT2D eigenvalue weighted by Gasteiger charge is -2.39. The van der Waals surface area contributed by atoms with Gasteiger partial charge in [0.2, 0.25) is 0 Å². The predicted molar refractivity (Wildman–Crippen MR) is 136 cm³/mol. The molecule has 0 saturated carbocycles. The van der Waals surface area contributed by atoms with Crippen LogP contribution in [0.3, 0.4) is 0 Å². The Bertz CT molecular complexity index is 1430. The van der Waals surface area contributed by atoms with Gasteiger partial charge < -0.3 is 9.30 Å². The number of aryl methyl sites for hydroxylation is 1. The average Bonchev–Trinajstić information content (AvgIpc) is 3.15. The van der Waals surface area contributed by atoms with Gasteiger partial charge in [-0.15, -0.1) is 12.4 Å². The summed E-state index contributed by atoms with van der Waals surface area (Å²) in [4.78, 5) is 19.5. The molecule has 1 fully saturated rings. The normalized spacial score (nSPS) is 17.5. The number of pyridine rings is 2. The SMILES string of the molecule is Cl.Cn1c2c(c3ccc(-n4ccc(OCc5ccc(F)cn5)cc4=O)cc31)C1CCCCN1CC2. The quantitative estimate of drug-likeness (QED) is 0.403. The van der Waals surface area contributed by atoms with E-state index in [4.69, 9.17) is 4.74 Å². The van der Waals surface area contributed by atoms with Crippen molar-refractivity contribution in [1.82, 2.24) is 19.0 Å². The van der Waals surface area contributed by atoms with Crippen LogP contribution < -0.4 is 10.3 Å². The molecule has 2 aliphatic rings. The highest BCUT2D eigenvalue weighted by Gasteiger charge is 2.33. The van der Waals surface area contributed by atoms with Crippen LogP contribution in [0.2, 0.25) is 0 Å². The molecule has 0 bridgehead atoms. The van der Waals surface area contributed by atoms with Gasteiger partial charge in [0.05, 0.1) is 23.1 Å². The molecule has 0 spiro atoms. The summed E-state index contributed by atoms with van der Waals surface area (Å²) in [6, 6.07) is 13.0. The first-order valence-electron chi connectivity index (χ1n) is 11.9. The van der Waals surface area contributed by atoms with E-state index in [1.165, 1.54) is 60.1 Å². The van der Waals surface area contributed by atoms with Crippen molar-refractivity contribution in [3.63, 3.8) is 0 Å². The molecule has 1 aromatic carbocycles. The lowest BCUT2D eigenvalue weighted by Crippen LogP contribution is -2.38. The average molecular weight is 495 g/mol. The van der Waals surface area contributed by atoms with Gasteiger partial charge in [0.15, 0.2) is 0 Å². The van der Waals surface area contributed by atoms with E-state index in [0.29, 0.717) is 17.5 Å². The van der Waals surface area contributed by atoms with Crippen LogP contribution in [-0.2, 0) is 20.1 Å². The standard InChI is InChI=1S/C27H27FN4O2.ClH/c1-30-23-10-12-31-11-3-2-4-24(31)27(23)22-8-7-20(14-25(22)30)32-13-9-21(15-26(32)33)34-17-19-6-5-18(28)16-29-19;/h5-9,13-16,24H,2-4,10-12,17H2,1H3;1H. The third-order valence-corrected chi connectivity index (χ3v) is 7.28. The number of hydrogen-bond donors (Lipinski definition) is 0. The lowest BCUT2D eigenvalue weighted by atomic mass is 9.89. The molecule has 8 heteroatoms. The maximum Gasteiger partial charge on any atom is 0.258 e. The van der Waals surface area contributed by atoms with Crippen molar-refractivity contribution in [1.29, 1.82) is 0 Å². The van der Waals surface area contributed by atoms with Gasteiger partial charge in [-0.3, -0.25) is 19.2 Å². The fourth-order valence-corrected chi connectivity index (χ4v) is 5.58. The molecule has 0 amide bonds. The van der Waals surface area contributed by atoms with E-state index < -0.39 is 5.82 Å². The zero-order chi connectivity index (χ0) is 23.2. The van der Waals surface area contributed by atoms with Crippen molar-refractivity contribution in [3.8, 4) is 11.4 Å². The summed E-state index contributed by atoms with van der Waals surface area (Å²) in [7, 11) is 2.15. The monoisotopic (exact) mass is 494 g/mol. The number of benzene rings is 1. The molecule has 1 unspecified atom stereocenters. The van der Waals surface area contributed by atoms with E-state index in [0.717, 1.165) is 24.8 Å². The molecule has 5 heterocycles. The van der Waals surface area contributed by atoms with Crippen molar-refractivity contribution >= 4 is 23.3 Å². The molecule has 6 nitrogen and oxygen atoms in total. The topological polar surface area (TPSA) is 52.3 Å².